The van der Waals surface area contributed by atoms with Crippen molar-refractivity contribution in [2.24, 2.45) is 46.8 Å². The van der Waals surface area contributed by atoms with Gasteiger partial charge < -0.3 is 9.47 Å². The molecule has 0 amide bonds. The molecule has 0 N–H and O–H groups in total. The fraction of sp³-hybridized carbons (Fsp3) is 1.00. The van der Waals surface area contributed by atoms with E-state index in [0.717, 1.165) is 54.6 Å². The van der Waals surface area contributed by atoms with Gasteiger partial charge in [0.05, 0.1) is 25.4 Å². The van der Waals surface area contributed by atoms with Gasteiger partial charge in [0.2, 0.25) is 0 Å². The Bertz CT molecular complexity index is 593. The predicted molar refractivity (Wildman–Crippen MR) is 135 cm³/mol. The van der Waals surface area contributed by atoms with Crippen LogP contribution < -0.4 is 0 Å². The van der Waals surface area contributed by atoms with E-state index in [1.165, 1.54) is 116 Å². The molecule has 0 bridgehead atoms. The molecule has 1 spiro atoms. The average Bonchev–Trinajstić information content (AvgIpc) is 2.93. The third-order valence-corrected chi connectivity index (χ3v) is 11.9. The summed E-state index contributed by atoms with van der Waals surface area (Å²) in [6.45, 7) is 4.36. The summed E-state index contributed by atoms with van der Waals surface area (Å²) in [5.41, 5.74) is 0.316. The zero-order valence-electron chi connectivity index (χ0n) is 21.7. The quantitative estimate of drug-likeness (QED) is 0.417. The van der Waals surface area contributed by atoms with E-state index in [1.54, 1.807) is 0 Å². The summed E-state index contributed by atoms with van der Waals surface area (Å²) in [7, 11) is 0. The Morgan fingerprint density at radius 3 is 1.64 bits per heavy atom. The van der Waals surface area contributed by atoms with Gasteiger partial charge in [0, 0.05) is 5.41 Å². The van der Waals surface area contributed by atoms with Crippen molar-refractivity contribution >= 4 is 0 Å². The van der Waals surface area contributed by atoms with E-state index in [9.17, 15) is 0 Å². The monoisotopic (exact) mass is 456 g/mol. The van der Waals surface area contributed by atoms with Gasteiger partial charge >= 0.3 is 0 Å². The molecule has 8 atom stereocenters. The lowest BCUT2D eigenvalue weighted by molar-refractivity contribution is -0.140. The van der Waals surface area contributed by atoms with Gasteiger partial charge in [-0.15, -0.1) is 0 Å². The molecule has 6 aliphatic rings. The summed E-state index contributed by atoms with van der Waals surface area (Å²) in [6, 6.07) is 0. The Morgan fingerprint density at radius 1 is 0.606 bits per heavy atom. The highest BCUT2D eigenvalue weighted by atomic mass is 16.5. The standard InChI is InChI=1S/C31H52O2/c1-2-7-22-16-18-31(19-17-22)20-32-27-14-12-23-8-3-5-10-25(23)29(27)30-26-11-6-4-9-24(26)13-15-28(30)33-21-31/h22-30H,2-21H2,1H3. The van der Waals surface area contributed by atoms with Gasteiger partial charge in [-0.1, -0.05) is 58.3 Å². The molecular weight excluding hydrogens is 404 g/mol. The molecular formula is C31H52O2. The average molecular weight is 457 g/mol. The van der Waals surface area contributed by atoms with Gasteiger partial charge in [-0.25, -0.2) is 0 Å². The van der Waals surface area contributed by atoms with Crippen LogP contribution in [0.15, 0.2) is 0 Å². The summed E-state index contributed by atoms with van der Waals surface area (Å²) >= 11 is 0. The van der Waals surface area contributed by atoms with E-state index in [1.807, 2.05) is 0 Å². The first-order valence-corrected chi connectivity index (χ1v) is 15.5. The third-order valence-electron chi connectivity index (χ3n) is 11.9. The molecule has 0 aromatic rings. The Balaban J connectivity index is 1.28. The lowest BCUT2D eigenvalue weighted by atomic mass is 9.53. The van der Waals surface area contributed by atoms with E-state index in [-0.39, 0.29) is 0 Å². The Labute approximate surface area is 204 Å². The van der Waals surface area contributed by atoms with Crippen molar-refractivity contribution < 1.29 is 9.47 Å². The van der Waals surface area contributed by atoms with Crippen LogP contribution in [0, 0.1) is 46.8 Å². The largest absolute Gasteiger partial charge is 0.377 e. The van der Waals surface area contributed by atoms with Crippen LogP contribution in [0.1, 0.15) is 122 Å². The number of fused-ring (bicyclic) bond motifs is 7. The van der Waals surface area contributed by atoms with Crippen LogP contribution in [0.3, 0.4) is 0 Å². The maximum Gasteiger partial charge on any atom is 0.0610 e. The van der Waals surface area contributed by atoms with E-state index in [4.69, 9.17) is 9.47 Å². The molecule has 33 heavy (non-hydrogen) atoms. The molecule has 6 rings (SSSR count). The SMILES string of the molecule is CCCC1CCC2(CC1)COC1CCC3CCCCC3C1C1C(CCC3CCCCC31)OC2. The molecule has 0 aromatic carbocycles. The highest BCUT2D eigenvalue weighted by Gasteiger charge is 2.54. The molecule has 1 aliphatic heterocycles. The van der Waals surface area contributed by atoms with E-state index >= 15 is 0 Å². The topological polar surface area (TPSA) is 18.5 Å². The fourth-order valence-electron chi connectivity index (χ4n) is 10.2. The van der Waals surface area contributed by atoms with Crippen molar-refractivity contribution in [1.82, 2.24) is 0 Å². The number of ether oxygens (including phenoxy) is 2. The normalized spacial score (nSPS) is 50.6. The Morgan fingerprint density at radius 2 is 1.12 bits per heavy atom. The van der Waals surface area contributed by atoms with Crippen molar-refractivity contribution in [1.29, 1.82) is 0 Å². The highest BCUT2D eigenvalue weighted by Crippen LogP contribution is 2.57. The molecule has 6 fully saturated rings. The lowest BCUT2D eigenvalue weighted by Gasteiger charge is -2.55. The van der Waals surface area contributed by atoms with Crippen LogP contribution in [-0.4, -0.2) is 25.4 Å². The minimum absolute atomic E-state index is 0.316. The van der Waals surface area contributed by atoms with Crippen molar-refractivity contribution in [2.75, 3.05) is 13.2 Å². The van der Waals surface area contributed by atoms with Crippen LogP contribution in [0.25, 0.3) is 0 Å². The maximum atomic E-state index is 7.15. The molecule has 5 saturated carbocycles. The molecule has 8 unspecified atom stereocenters. The van der Waals surface area contributed by atoms with Gasteiger partial charge in [-0.3, -0.25) is 0 Å². The first kappa shape index (κ1) is 23.3. The van der Waals surface area contributed by atoms with Gasteiger partial charge in [0.1, 0.15) is 0 Å². The number of hydrogen-bond acceptors (Lipinski definition) is 2. The highest BCUT2D eigenvalue weighted by molar-refractivity contribution is 5.02. The van der Waals surface area contributed by atoms with Crippen LogP contribution in [0.4, 0.5) is 0 Å². The molecule has 2 nitrogen and oxygen atoms in total. The third kappa shape index (κ3) is 4.59. The number of rotatable bonds is 2. The second-order valence-corrected chi connectivity index (χ2v) is 13.7. The molecule has 188 valence electrons. The Hall–Kier alpha value is -0.0800. The summed E-state index contributed by atoms with van der Waals surface area (Å²) in [6.07, 6.45) is 26.9. The van der Waals surface area contributed by atoms with Crippen molar-refractivity contribution in [3.63, 3.8) is 0 Å². The molecule has 0 aromatic heterocycles. The van der Waals surface area contributed by atoms with Crippen molar-refractivity contribution in [3.8, 4) is 0 Å². The second kappa shape index (κ2) is 10.1. The zero-order valence-corrected chi connectivity index (χ0v) is 21.7. The fourth-order valence-corrected chi connectivity index (χ4v) is 10.2. The lowest BCUT2D eigenvalue weighted by Crippen LogP contribution is -2.53. The molecule has 5 aliphatic carbocycles. The minimum atomic E-state index is 0.316. The van der Waals surface area contributed by atoms with Gasteiger partial charge in [0.25, 0.3) is 0 Å². The maximum absolute atomic E-state index is 7.15. The molecule has 1 saturated heterocycles. The van der Waals surface area contributed by atoms with Gasteiger partial charge in [-0.2, -0.15) is 0 Å². The van der Waals surface area contributed by atoms with Gasteiger partial charge in [0.15, 0.2) is 0 Å². The first-order valence-electron chi connectivity index (χ1n) is 15.5. The van der Waals surface area contributed by atoms with Crippen molar-refractivity contribution in [2.45, 2.75) is 135 Å². The smallest absolute Gasteiger partial charge is 0.0610 e. The second-order valence-electron chi connectivity index (χ2n) is 13.7. The summed E-state index contributed by atoms with van der Waals surface area (Å²) in [4.78, 5) is 0. The minimum Gasteiger partial charge on any atom is -0.377 e. The summed E-state index contributed by atoms with van der Waals surface area (Å²) < 4.78 is 14.3. The van der Waals surface area contributed by atoms with E-state index in [0.29, 0.717) is 17.6 Å². The molecule has 1 heterocycles. The van der Waals surface area contributed by atoms with Crippen molar-refractivity contribution in [3.05, 3.63) is 0 Å². The predicted octanol–water partition coefficient (Wildman–Crippen LogP) is 8.18. The number of hydrogen-bond donors (Lipinski definition) is 0. The zero-order chi connectivity index (χ0) is 22.3. The first-order chi connectivity index (χ1) is 16.3. The van der Waals surface area contributed by atoms with E-state index < -0.39 is 0 Å². The summed E-state index contributed by atoms with van der Waals surface area (Å²) in [5.74, 6) is 6.41. The van der Waals surface area contributed by atoms with Gasteiger partial charge in [-0.05, 0) is 106 Å². The molecule has 2 heteroatoms. The van der Waals surface area contributed by atoms with E-state index in [2.05, 4.69) is 6.92 Å². The summed E-state index contributed by atoms with van der Waals surface area (Å²) in [5, 5.41) is 0. The van der Waals surface area contributed by atoms with Crippen LogP contribution in [0.5, 0.6) is 0 Å². The molecule has 0 radical (unpaired) electrons. The van der Waals surface area contributed by atoms with Crippen LogP contribution in [-0.2, 0) is 9.47 Å². The van der Waals surface area contributed by atoms with Crippen LogP contribution >= 0.6 is 0 Å². The van der Waals surface area contributed by atoms with Crippen LogP contribution in [0.2, 0.25) is 0 Å². The Kier molecular flexibility index (Phi) is 7.15.